The maximum Gasteiger partial charge on any atom is 0.221 e. The van der Waals surface area contributed by atoms with E-state index in [1.807, 2.05) is 6.07 Å². The van der Waals surface area contributed by atoms with Gasteiger partial charge in [0.15, 0.2) is 0 Å². The lowest BCUT2D eigenvalue weighted by atomic mass is 10.1. The Morgan fingerprint density at radius 2 is 2.07 bits per heavy atom. The van der Waals surface area contributed by atoms with E-state index in [1.54, 1.807) is 0 Å². The fraction of sp³-hybridized carbons (Fsp3) is 0.417. The third kappa shape index (κ3) is 3.92. The molecule has 0 unspecified atom stereocenters. The molecule has 0 heterocycles. The number of aryl methyl sites for hydroxylation is 2. The molecule has 2 nitrogen and oxygen atoms in total. The molecule has 1 rings (SSSR count). The number of hydrogen-bond acceptors (Lipinski definition) is 1. The second-order valence-electron chi connectivity index (χ2n) is 3.63. The molecule has 0 aliphatic rings. The lowest BCUT2D eigenvalue weighted by Crippen LogP contribution is -2.22. The summed E-state index contributed by atoms with van der Waals surface area (Å²) in [6.45, 7) is 4.72. The van der Waals surface area contributed by atoms with E-state index in [4.69, 9.17) is 11.6 Å². The Balaban J connectivity index is 2.51. The van der Waals surface area contributed by atoms with Gasteiger partial charge in [-0.25, -0.2) is 0 Å². The molecule has 0 saturated heterocycles. The second kappa shape index (κ2) is 5.76. The summed E-state index contributed by atoms with van der Waals surface area (Å²) in [6.07, 6.45) is 0.381. The molecule has 0 aliphatic carbocycles. The van der Waals surface area contributed by atoms with E-state index in [9.17, 15) is 4.79 Å². The first-order valence-corrected chi connectivity index (χ1v) is 5.55. The lowest BCUT2D eigenvalue weighted by molar-refractivity contribution is -0.120. The molecule has 0 spiro atoms. The van der Waals surface area contributed by atoms with Gasteiger partial charge in [0.1, 0.15) is 0 Å². The van der Waals surface area contributed by atoms with Crippen LogP contribution in [0.15, 0.2) is 18.2 Å². The van der Waals surface area contributed by atoms with E-state index in [2.05, 4.69) is 31.3 Å². The molecular weight excluding hydrogens is 210 g/mol. The van der Waals surface area contributed by atoms with E-state index < -0.39 is 0 Å². The topological polar surface area (TPSA) is 29.1 Å². The maximum absolute atomic E-state index is 11.2. The average molecular weight is 226 g/mol. The highest BCUT2D eigenvalue weighted by Crippen LogP contribution is 2.09. The van der Waals surface area contributed by atoms with Gasteiger partial charge in [-0.2, -0.15) is 0 Å². The van der Waals surface area contributed by atoms with Gasteiger partial charge in [-0.3, -0.25) is 4.79 Å². The number of amides is 1. The molecule has 15 heavy (non-hydrogen) atoms. The SMILES string of the molecule is Cc1ccc(CNC(=O)CCCl)cc1C. The Morgan fingerprint density at radius 3 is 2.67 bits per heavy atom. The smallest absolute Gasteiger partial charge is 0.221 e. The van der Waals surface area contributed by atoms with Crippen LogP contribution in [0.3, 0.4) is 0 Å². The van der Waals surface area contributed by atoms with E-state index in [0.29, 0.717) is 18.8 Å². The molecule has 1 aromatic carbocycles. The van der Waals surface area contributed by atoms with Crippen LogP contribution >= 0.6 is 11.6 Å². The molecule has 0 aromatic heterocycles. The molecule has 0 atom stereocenters. The highest BCUT2D eigenvalue weighted by atomic mass is 35.5. The molecule has 3 heteroatoms. The minimum atomic E-state index is 0.00299. The zero-order valence-corrected chi connectivity index (χ0v) is 9.90. The fourth-order valence-corrected chi connectivity index (χ4v) is 1.46. The zero-order valence-electron chi connectivity index (χ0n) is 9.14. The van der Waals surface area contributed by atoms with Crippen LogP contribution in [-0.4, -0.2) is 11.8 Å². The van der Waals surface area contributed by atoms with Gasteiger partial charge in [-0.05, 0) is 30.5 Å². The van der Waals surface area contributed by atoms with E-state index in [-0.39, 0.29) is 5.91 Å². The molecule has 0 bridgehead atoms. The van der Waals surface area contributed by atoms with Crippen LogP contribution in [0, 0.1) is 13.8 Å². The van der Waals surface area contributed by atoms with E-state index in [1.165, 1.54) is 11.1 Å². The van der Waals surface area contributed by atoms with E-state index >= 15 is 0 Å². The Morgan fingerprint density at radius 1 is 1.33 bits per heavy atom. The monoisotopic (exact) mass is 225 g/mol. The van der Waals surface area contributed by atoms with Crippen LogP contribution in [0.4, 0.5) is 0 Å². The first-order valence-electron chi connectivity index (χ1n) is 5.02. The number of benzene rings is 1. The van der Waals surface area contributed by atoms with Crippen molar-refractivity contribution < 1.29 is 4.79 Å². The van der Waals surface area contributed by atoms with Gasteiger partial charge < -0.3 is 5.32 Å². The van der Waals surface area contributed by atoms with Crippen molar-refractivity contribution >= 4 is 17.5 Å². The van der Waals surface area contributed by atoms with Crippen molar-refractivity contribution in [2.75, 3.05) is 5.88 Å². The van der Waals surface area contributed by atoms with Crippen molar-refractivity contribution in [3.8, 4) is 0 Å². The minimum absolute atomic E-state index is 0.00299. The van der Waals surface area contributed by atoms with Crippen LogP contribution in [-0.2, 0) is 11.3 Å². The summed E-state index contributed by atoms with van der Waals surface area (Å²) in [4.78, 5) is 11.2. The summed E-state index contributed by atoms with van der Waals surface area (Å²) < 4.78 is 0. The van der Waals surface area contributed by atoms with Crippen molar-refractivity contribution in [3.05, 3.63) is 34.9 Å². The van der Waals surface area contributed by atoms with Crippen molar-refractivity contribution in [2.45, 2.75) is 26.8 Å². The quantitative estimate of drug-likeness (QED) is 0.784. The molecule has 1 aromatic rings. The molecule has 0 radical (unpaired) electrons. The number of halogens is 1. The number of carbonyl (C=O) groups excluding carboxylic acids is 1. The summed E-state index contributed by atoms with van der Waals surface area (Å²) in [5.74, 6) is 0.377. The standard InChI is InChI=1S/C12H16ClNO/c1-9-3-4-11(7-10(9)2)8-14-12(15)5-6-13/h3-4,7H,5-6,8H2,1-2H3,(H,14,15). The molecule has 1 amide bonds. The highest BCUT2D eigenvalue weighted by Gasteiger charge is 2.00. The van der Waals surface area contributed by atoms with Crippen molar-refractivity contribution in [1.29, 1.82) is 0 Å². The van der Waals surface area contributed by atoms with Gasteiger partial charge in [0.25, 0.3) is 0 Å². The van der Waals surface area contributed by atoms with Crippen molar-refractivity contribution in [2.24, 2.45) is 0 Å². The largest absolute Gasteiger partial charge is 0.352 e. The number of nitrogens with one attached hydrogen (secondary N) is 1. The third-order valence-corrected chi connectivity index (χ3v) is 2.57. The van der Waals surface area contributed by atoms with Crippen LogP contribution in [0.1, 0.15) is 23.1 Å². The van der Waals surface area contributed by atoms with Gasteiger partial charge in [0, 0.05) is 18.8 Å². The van der Waals surface area contributed by atoms with Gasteiger partial charge in [-0.1, -0.05) is 18.2 Å². The summed E-state index contributed by atoms with van der Waals surface area (Å²) in [5.41, 5.74) is 3.64. The van der Waals surface area contributed by atoms with E-state index in [0.717, 1.165) is 5.56 Å². The Hall–Kier alpha value is -1.02. The van der Waals surface area contributed by atoms with Crippen LogP contribution < -0.4 is 5.32 Å². The van der Waals surface area contributed by atoms with Gasteiger partial charge in [-0.15, -0.1) is 11.6 Å². The maximum atomic E-state index is 11.2. The Kier molecular flexibility index (Phi) is 4.63. The molecule has 0 fully saturated rings. The second-order valence-corrected chi connectivity index (χ2v) is 4.01. The molecule has 0 saturated carbocycles. The summed E-state index contributed by atoms with van der Waals surface area (Å²) >= 11 is 5.46. The first kappa shape index (κ1) is 12.1. The first-order chi connectivity index (χ1) is 7.13. The summed E-state index contributed by atoms with van der Waals surface area (Å²) in [7, 11) is 0. The van der Waals surface area contributed by atoms with Crippen LogP contribution in [0.2, 0.25) is 0 Å². The van der Waals surface area contributed by atoms with Gasteiger partial charge in [0.2, 0.25) is 5.91 Å². The fourth-order valence-electron chi connectivity index (χ4n) is 1.29. The predicted octanol–water partition coefficient (Wildman–Crippen LogP) is 2.55. The average Bonchev–Trinajstić information content (AvgIpc) is 2.20. The zero-order chi connectivity index (χ0) is 11.3. The van der Waals surface area contributed by atoms with Crippen LogP contribution in [0.25, 0.3) is 0 Å². The Labute approximate surface area is 95.6 Å². The lowest BCUT2D eigenvalue weighted by Gasteiger charge is -2.06. The van der Waals surface area contributed by atoms with Gasteiger partial charge >= 0.3 is 0 Å². The van der Waals surface area contributed by atoms with Crippen LogP contribution in [0.5, 0.6) is 0 Å². The van der Waals surface area contributed by atoms with Crippen molar-refractivity contribution in [1.82, 2.24) is 5.32 Å². The number of rotatable bonds is 4. The number of hydrogen-bond donors (Lipinski definition) is 1. The predicted molar refractivity (Wildman–Crippen MR) is 63.1 cm³/mol. The summed E-state index contributed by atoms with van der Waals surface area (Å²) in [6, 6.07) is 6.19. The highest BCUT2D eigenvalue weighted by molar-refractivity contribution is 6.18. The normalized spacial score (nSPS) is 10.1. The Bertz CT molecular complexity index is 349. The molecular formula is C12H16ClNO. The summed E-state index contributed by atoms with van der Waals surface area (Å²) in [5, 5.41) is 2.82. The van der Waals surface area contributed by atoms with Gasteiger partial charge in [0.05, 0.1) is 0 Å². The molecule has 82 valence electrons. The molecule has 1 N–H and O–H groups in total. The number of alkyl halides is 1. The number of carbonyl (C=O) groups is 1. The van der Waals surface area contributed by atoms with Crippen molar-refractivity contribution in [3.63, 3.8) is 0 Å². The third-order valence-electron chi connectivity index (χ3n) is 2.38. The molecule has 0 aliphatic heterocycles. The minimum Gasteiger partial charge on any atom is -0.352 e.